The molecule has 2 atom stereocenters. The summed E-state index contributed by atoms with van der Waals surface area (Å²) in [4.78, 5) is 0. The molecule has 0 aliphatic heterocycles. The van der Waals surface area contributed by atoms with Gasteiger partial charge in [-0.25, -0.2) is 13.1 Å². The first-order chi connectivity index (χ1) is 8.59. The molecule has 18 heavy (non-hydrogen) atoms. The van der Waals surface area contributed by atoms with Crippen molar-refractivity contribution in [2.24, 2.45) is 11.8 Å². The highest BCUT2D eigenvalue weighted by Crippen LogP contribution is 2.30. The van der Waals surface area contributed by atoms with Crippen LogP contribution in [0.3, 0.4) is 0 Å². The first kappa shape index (κ1) is 14.3. The van der Waals surface area contributed by atoms with Crippen LogP contribution in [0.1, 0.15) is 51.4 Å². The molecule has 2 aliphatic rings. The molecule has 0 spiro atoms. The van der Waals surface area contributed by atoms with Crippen molar-refractivity contribution in [3.8, 4) is 0 Å². The minimum absolute atomic E-state index is 0.0438. The van der Waals surface area contributed by atoms with Gasteiger partial charge in [-0.05, 0) is 37.5 Å². The van der Waals surface area contributed by atoms with E-state index in [1.165, 1.54) is 19.3 Å². The fourth-order valence-corrected chi connectivity index (χ4v) is 4.46. The lowest BCUT2D eigenvalue weighted by Crippen LogP contribution is -2.40. The maximum Gasteiger partial charge on any atom is 0.211 e. The van der Waals surface area contributed by atoms with Gasteiger partial charge in [-0.15, -0.1) is 0 Å². The Labute approximate surface area is 110 Å². The Bertz CT molecular complexity index is 351. The van der Waals surface area contributed by atoms with Crippen molar-refractivity contribution < 1.29 is 13.5 Å². The lowest BCUT2D eigenvalue weighted by Gasteiger charge is -2.29. The fourth-order valence-electron chi connectivity index (χ4n) is 2.98. The van der Waals surface area contributed by atoms with E-state index >= 15 is 0 Å². The van der Waals surface area contributed by atoms with Crippen LogP contribution in [-0.4, -0.2) is 31.9 Å². The normalized spacial score (nSPS) is 30.1. The van der Waals surface area contributed by atoms with Crippen molar-refractivity contribution in [1.29, 1.82) is 0 Å². The molecule has 5 heteroatoms. The van der Waals surface area contributed by atoms with E-state index < -0.39 is 10.0 Å². The second-order valence-corrected chi connectivity index (χ2v) is 7.81. The first-order valence-corrected chi connectivity index (χ1v) is 8.85. The molecule has 0 radical (unpaired) electrons. The smallest absolute Gasteiger partial charge is 0.211 e. The van der Waals surface area contributed by atoms with E-state index in [2.05, 4.69) is 4.72 Å². The zero-order valence-corrected chi connectivity index (χ0v) is 11.8. The van der Waals surface area contributed by atoms with Crippen molar-refractivity contribution in [3.05, 3.63) is 0 Å². The monoisotopic (exact) mass is 275 g/mol. The van der Waals surface area contributed by atoms with Crippen LogP contribution in [0.5, 0.6) is 0 Å². The van der Waals surface area contributed by atoms with Crippen molar-refractivity contribution in [1.82, 2.24) is 4.72 Å². The van der Waals surface area contributed by atoms with Crippen LogP contribution in [0.2, 0.25) is 0 Å². The van der Waals surface area contributed by atoms with E-state index in [1.54, 1.807) is 0 Å². The zero-order valence-electron chi connectivity index (χ0n) is 11.0. The molecule has 2 N–H and O–H groups in total. The van der Waals surface area contributed by atoms with Crippen LogP contribution in [0, 0.1) is 11.8 Å². The third kappa shape index (κ3) is 4.21. The molecular weight excluding hydrogens is 250 g/mol. The summed E-state index contributed by atoms with van der Waals surface area (Å²) in [5.41, 5.74) is 0. The predicted molar refractivity (Wildman–Crippen MR) is 71.7 cm³/mol. The van der Waals surface area contributed by atoms with Crippen LogP contribution in [0.4, 0.5) is 0 Å². The molecule has 2 unspecified atom stereocenters. The van der Waals surface area contributed by atoms with Gasteiger partial charge < -0.3 is 5.11 Å². The van der Waals surface area contributed by atoms with Gasteiger partial charge in [0.25, 0.3) is 0 Å². The van der Waals surface area contributed by atoms with Gasteiger partial charge in [-0.1, -0.05) is 25.7 Å². The SMILES string of the molecule is O=S(=O)(CCC1CCC1)NC1CCCC(CO)C1. The molecule has 0 amide bonds. The molecule has 2 saturated carbocycles. The van der Waals surface area contributed by atoms with E-state index in [0.29, 0.717) is 5.92 Å². The van der Waals surface area contributed by atoms with Crippen molar-refractivity contribution in [3.63, 3.8) is 0 Å². The predicted octanol–water partition coefficient (Wildman–Crippen LogP) is 1.65. The van der Waals surface area contributed by atoms with Gasteiger partial charge in [0.05, 0.1) is 5.75 Å². The second kappa shape index (κ2) is 6.35. The van der Waals surface area contributed by atoms with Gasteiger partial charge in [0, 0.05) is 12.6 Å². The molecule has 0 aromatic carbocycles. The lowest BCUT2D eigenvalue weighted by atomic mass is 9.84. The Hall–Kier alpha value is -0.130. The highest BCUT2D eigenvalue weighted by atomic mass is 32.2. The molecule has 2 fully saturated rings. The van der Waals surface area contributed by atoms with E-state index in [-0.39, 0.29) is 24.3 Å². The lowest BCUT2D eigenvalue weighted by molar-refractivity contribution is 0.177. The molecule has 0 bridgehead atoms. The van der Waals surface area contributed by atoms with Gasteiger partial charge in [-0.2, -0.15) is 0 Å². The van der Waals surface area contributed by atoms with Gasteiger partial charge in [-0.3, -0.25) is 0 Å². The van der Waals surface area contributed by atoms with Crippen molar-refractivity contribution >= 4 is 10.0 Å². The van der Waals surface area contributed by atoms with Gasteiger partial charge >= 0.3 is 0 Å². The average molecular weight is 275 g/mol. The molecule has 0 aromatic heterocycles. The van der Waals surface area contributed by atoms with Gasteiger partial charge in [0.1, 0.15) is 0 Å². The summed E-state index contributed by atoms with van der Waals surface area (Å²) in [5, 5.41) is 9.15. The summed E-state index contributed by atoms with van der Waals surface area (Å²) in [6.07, 6.45) is 8.22. The van der Waals surface area contributed by atoms with Crippen molar-refractivity contribution in [2.75, 3.05) is 12.4 Å². The summed E-state index contributed by atoms with van der Waals surface area (Å²) in [7, 11) is -3.12. The van der Waals surface area contributed by atoms with Crippen LogP contribution >= 0.6 is 0 Å². The summed E-state index contributed by atoms with van der Waals surface area (Å²) in [6.45, 7) is 0.181. The van der Waals surface area contributed by atoms with Crippen molar-refractivity contribution in [2.45, 2.75) is 57.4 Å². The Balaban J connectivity index is 1.75. The molecule has 0 aromatic rings. The molecule has 106 valence electrons. The number of rotatable bonds is 6. The molecule has 2 rings (SSSR count). The Morgan fingerprint density at radius 2 is 1.72 bits per heavy atom. The molecular formula is C13H25NO3S. The molecule has 2 aliphatic carbocycles. The third-order valence-electron chi connectivity index (χ3n) is 4.41. The van der Waals surface area contributed by atoms with Crippen LogP contribution < -0.4 is 4.72 Å². The van der Waals surface area contributed by atoms with Gasteiger partial charge in [0.15, 0.2) is 0 Å². The van der Waals surface area contributed by atoms with Crippen LogP contribution in [0.25, 0.3) is 0 Å². The number of hydrogen-bond acceptors (Lipinski definition) is 3. The maximum atomic E-state index is 12.0. The van der Waals surface area contributed by atoms with E-state index in [1.807, 2.05) is 0 Å². The molecule has 0 heterocycles. The topological polar surface area (TPSA) is 66.4 Å². The average Bonchev–Trinajstić information content (AvgIpc) is 2.26. The zero-order chi connectivity index (χ0) is 13.0. The van der Waals surface area contributed by atoms with E-state index in [0.717, 1.165) is 32.1 Å². The fraction of sp³-hybridized carbons (Fsp3) is 1.00. The second-order valence-electron chi connectivity index (χ2n) is 5.93. The van der Waals surface area contributed by atoms with Gasteiger partial charge in [0.2, 0.25) is 10.0 Å². The summed E-state index contributed by atoms with van der Waals surface area (Å²) >= 11 is 0. The maximum absolute atomic E-state index is 12.0. The number of aliphatic hydroxyl groups is 1. The number of hydrogen-bond donors (Lipinski definition) is 2. The Morgan fingerprint density at radius 3 is 2.33 bits per heavy atom. The molecule has 0 saturated heterocycles. The van der Waals surface area contributed by atoms with E-state index in [9.17, 15) is 8.42 Å². The van der Waals surface area contributed by atoms with Crippen LogP contribution in [0.15, 0.2) is 0 Å². The standard InChI is InChI=1S/C13H25NO3S/c15-10-12-5-2-6-13(9-12)14-18(16,17)8-7-11-3-1-4-11/h11-15H,1-10H2. The minimum atomic E-state index is -3.12. The quantitative estimate of drug-likeness (QED) is 0.774. The summed E-state index contributed by atoms with van der Waals surface area (Å²) in [5.74, 6) is 1.19. The Kier molecular flexibility index (Phi) is 5.04. The summed E-state index contributed by atoms with van der Waals surface area (Å²) < 4.78 is 26.8. The number of nitrogens with one attached hydrogen (secondary N) is 1. The van der Waals surface area contributed by atoms with Crippen LogP contribution in [-0.2, 0) is 10.0 Å². The number of aliphatic hydroxyl groups excluding tert-OH is 1. The number of sulfonamides is 1. The largest absolute Gasteiger partial charge is 0.396 e. The third-order valence-corrected chi connectivity index (χ3v) is 5.87. The van der Waals surface area contributed by atoms with E-state index in [4.69, 9.17) is 5.11 Å². The molecule has 4 nitrogen and oxygen atoms in total. The Morgan fingerprint density at radius 1 is 1.06 bits per heavy atom. The minimum Gasteiger partial charge on any atom is -0.396 e. The first-order valence-electron chi connectivity index (χ1n) is 7.20. The highest BCUT2D eigenvalue weighted by Gasteiger charge is 2.26. The highest BCUT2D eigenvalue weighted by molar-refractivity contribution is 7.89. The summed E-state index contributed by atoms with van der Waals surface area (Å²) in [6, 6.07) is 0.0438.